The normalized spacial score (nSPS) is 18.1. The van der Waals surface area contributed by atoms with Crippen LogP contribution in [0.1, 0.15) is 52.9 Å². The van der Waals surface area contributed by atoms with Gasteiger partial charge in [-0.05, 0) is 33.6 Å². The molecule has 0 radical (unpaired) electrons. The van der Waals surface area contributed by atoms with Gasteiger partial charge in [-0.25, -0.2) is 4.79 Å². The van der Waals surface area contributed by atoms with Gasteiger partial charge in [-0.3, -0.25) is 4.79 Å². The molecule has 0 saturated heterocycles. The third-order valence-corrected chi connectivity index (χ3v) is 3.09. The van der Waals surface area contributed by atoms with Gasteiger partial charge in [-0.1, -0.05) is 25.8 Å². The summed E-state index contributed by atoms with van der Waals surface area (Å²) < 4.78 is 5.46. The molecule has 4 nitrogen and oxygen atoms in total. The van der Waals surface area contributed by atoms with E-state index in [-0.39, 0.29) is 11.9 Å². The molecule has 0 aromatic heterocycles. The van der Waals surface area contributed by atoms with E-state index < -0.39 is 11.1 Å². The van der Waals surface area contributed by atoms with Crippen LogP contribution in [-0.2, 0) is 14.3 Å². The maximum absolute atomic E-state index is 12.4. The van der Waals surface area contributed by atoms with E-state index in [9.17, 15) is 9.59 Å². The predicted octanol–water partition coefficient (Wildman–Crippen LogP) is 2.49. The fourth-order valence-corrected chi connectivity index (χ4v) is 2.28. The molecule has 106 valence electrons. The van der Waals surface area contributed by atoms with Crippen molar-refractivity contribution in [1.29, 1.82) is 0 Å². The van der Waals surface area contributed by atoms with Crippen LogP contribution in [0.25, 0.3) is 0 Å². The fraction of sp³-hybridized carbons (Fsp3) is 0.667. The van der Waals surface area contributed by atoms with E-state index >= 15 is 0 Å². The lowest BCUT2D eigenvalue weighted by Crippen LogP contribution is -2.57. The van der Waals surface area contributed by atoms with Gasteiger partial charge in [0.2, 0.25) is 0 Å². The average Bonchev–Trinajstić information content (AvgIpc) is 2.28. The number of rotatable bonds is 3. The van der Waals surface area contributed by atoms with Crippen LogP contribution in [0, 0.1) is 0 Å². The van der Waals surface area contributed by atoms with Crippen LogP contribution in [0.2, 0.25) is 0 Å². The van der Waals surface area contributed by atoms with Crippen molar-refractivity contribution in [2.24, 2.45) is 0 Å². The summed E-state index contributed by atoms with van der Waals surface area (Å²) in [7, 11) is 0. The predicted molar refractivity (Wildman–Crippen MR) is 73.5 cm³/mol. The van der Waals surface area contributed by atoms with Crippen molar-refractivity contribution in [2.45, 2.75) is 64.0 Å². The number of carbonyl (C=O) groups is 2. The molecule has 0 aromatic rings. The highest BCUT2D eigenvalue weighted by molar-refractivity contribution is 5.93. The Morgan fingerprint density at radius 2 is 1.84 bits per heavy atom. The number of ether oxygens (including phenoxy) is 1. The Morgan fingerprint density at radius 1 is 1.26 bits per heavy atom. The molecule has 1 fully saturated rings. The van der Waals surface area contributed by atoms with Gasteiger partial charge in [-0.15, -0.1) is 5.73 Å². The van der Waals surface area contributed by atoms with Gasteiger partial charge in [0.1, 0.15) is 11.1 Å². The van der Waals surface area contributed by atoms with Crippen LogP contribution in [0.3, 0.4) is 0 Å². The van der Waals surface area contributed by atoms with Crippen LogP contribution in [0.5, 0.6) is 0 Å². The summed E-state index contributed by atoms with van der Waals surface area (Å²) >= 11 is 0. The van der Waals surface area contributed by atoms with Crippen molar-refractivity contribution in [1.82, 2.24) is 5.32 Å². The molecule has 1 rings (SSSR count). The van der Waals surface area contributed by atoms with E-state index in [4.69, 9.17) is 4.74 Å². The summed E-state index contributed by atoms with van der Waals surface area (Å²) in [6.45, 7) is 8.84. The van der Waals surface area contributed by atoms with Crippen LogP contribution in [-0.4, -0.2) is 23.0 Å². The van der Waals surface area contributed by atoms with Crippen LogP contribution in [0.4, 0.5) is 0 Å². The quantitative estimate of drug-likeness (QED) is 0.484. The first-order valence-corrected chi connectivity index (χ1v) is 6.70. The molecule has 1 saturated carbocycles. The van der Waals surface area contributed by atoms with E-state index in [0.29, 0.717) is 12.8 Å². The molecule has 0 spiro atoms. The monoisotopic (exact) mass is 265 g/mol. The molecule has 0 atom stereocenters. The molecule has 0 unspecified atom stereocenters. The highest BCUT2D eigenvalue weighted by Gasteiger charge is 2.43. The van der Waals surface area contributed by atoms with Crippen molar-refractivity contribution in [3.63, 3.8) is 0 Å². The molecule has 0 aliphatic heterocycles. The van der Waals surface area contributed by atoms with Gasteiger partial charge < -0.3 is 10.1 Å². The first-order chi connectivity index (χ1) is 8.79. The summed E-state index contributed by atoms with van der Waals surface area (Å²) in [6.07, 6.45) is 5.37. The molecule has 19 heavy (non-hydrogen) atoms. The van der Waals surface area contributed by atoms with Crippen molar-refractivity contribution in [3.8, 4) is 0 Å². The topological polar surface area (TPSA) is 55.4 Å². The van der Waals surface area contributed by atoms with Crippen LogP contribution < -0.4 is 5.32 Å². The van der Waals surface area contributed by atoms with Gasteiger partial charge >= 0.3 is 5.97 Å². The van der Waals surface area contributed by atoms with E-state index in [2.05, 4.69) is 17.6 Å². The zero-order valence-electron chi connectivity index (χ0n) is 12.0. The van der Waals surface area contributed by atoms with E-state index in [0.717, 1.165) is 19.3 Å². The van der Waals surface area contributed by atoms with E-state index in [1.807, 2.05) is 20.8 Å². The third-order valence-electron chi connectivity index (χ3n) is 3.09. The first kappa shape index (κ1) is 15.5. The lowest BCUT2D eigenvalue weighted by molar-refractivity contribution is -0.166. The van der Waals surface area contributed by atoms with Gasteiger partial charge in [0.05, 0.1) is 0 Å². The molecular formula is C15H23NO3. The second-order valence-corrected chi connectivity index (χ2v) is 5.98. The number of hydrogen-bond donors (Lipinski definition) is 1. The first-order valence-electron chi connectivity index (χ1n) is 6.70. The summed E-state index contributed by atoms with van der Waals surface area (Å²) in [5.74, 6) is -0.687. The Labute approximate surface area is 114 Å². The molecule has 0 bridgehead atoms. The Morgan fingerprint density at radius 3 is 2.32 bits per heavy atom. The second-order valence-electron chi connectivity index (χ2n) is 5.98. The minimum Gasteiger partial charge on any atom is -0.458 e. The van der Waals surface area contributed by atoms with Gasteiger partial charge in [-0.2, -0.15) is 0 Å². The Hall–Kier alpha value is -1.54. The minimum atomic E-state index is -0.893. The maximum atomic E-state index is 12.4. The Kier molecular flexibility index (Phi) is 4.96. The van der Waals surface area contributed by atoms with Gasteiger partial charge in [0.15, 0.2) is 0 Å². The number of esters is 1. The molecule has 0 aromatic carbocycles. The minimum absolute atomic E-state index is 0.342. The molecule has 1 N–H and O–H groups in total. The summed E-state index contributed by atoms with van der Waals surface area (Å²) in [4.78, 5) is 24.1. The summed E-state index contributed by atoms with van der Waals surface area (Å²) in [5.41, 5.74) is 0.974. The molecular weight excluding hydrogens is 242 g/mol. The lowest BCUT2D eigenvalue weighted by Gasteiger charge is -2.37. The van der Waals surface area contributed by atoms with Crippen molar-refractivity contribution >= 4 is 11.9 Å². The molecule has 4 heteroatoms. The number of amides is 1. The standard InChI is InChI=1S/C15H23NO3/c1-5-9-12(17)16-15(10-7-6-8-11-15)13(18)19-14(2,3)4/h9H,1,6-8,10-11H2,2-4H3,(H,16,17). The molecule has 0 heterocycles. The van der Waals surface area contributed by atoms with Gasteiger partial charge in [0.25, 0.3) is 5.91 Å². The Balaban J connectivity index is 2.89. The SMILES string of the molecule is C=C=CC(=O)NC1(C(=O)OC(C)(C)C)CCCCC1. The number of hydrogen-bond acceptors (Lipinski definition) is 3. The zero-order chi connectivity index (χ0) is 14.5. The largest absolute Gasteiger partial charge is 0.458 e. The second kappa shape index (κ2) is 6.07. The van der Waals surface area contributed by atoms with Crippen molar-refractivity contribution in [3.05, 3.63) is 18.4 Å². The van der Waals surface area contributed by atoms with Gasteiger partial charge in [0, 0.05) is 6.08 Å². The molecule has 1 aliphatic carbocycles. The highest BCUT2D eigenvalue weighted by Crippen LogP contribution is 2.30. The third kappa shape index (κ3) is 4.56. The Bertz CT molecular complexity index is 394. The van der Waals surface area contributed by atoms with E-state index in [1.54, 1.807) is 0 Å². The maximum Gasteiger partial charge on any atom is 0.332 e. The smallest absolute Gasteiger partial charge is 0.332 e. The van der Waals surface area contributed by atoms with Crippen LogP contribution >= 0.6 is 0 Å². The average molecular weight is 265 g/mol. The van der Waals surface area contributed by atoms with Crippen molar-refractivity contribution in [2.75, 3.05) is 0 Å². The highest BCUT2D eigenvalue weighted by atomic mass is 16.6. The number of nitrogens with one attached hydrogen (secondary N) is 1. The summed E-state index contributed by atoms with van der Waals surface area (Å²) in [6, 6.07) is 0. The molecule has 1 aliphatic rings. The van der Waals surface area contributed by atoms with Crippen LogP contribution in [0.15, 0.2) is 18.4 Å². The number of carbonyl (C=O) groups excluding carboxylic acids is 2. The van der Waals surface area contributed by atoms with Crippen molar-refractivity contribution < 1.29 is 14.3 Å². The van der Waals surface area contributed by atoms with E-state index in [1.165, 1.54) is 6.08 Å². The fourth-order valence-electron chi connectivity index (χ4n) is 2.28. The summed E-state index contributed by atoms with van der Waals surface area (Å²) in [5, 5.41) is 2.78. The zero-order valence-corrected chi connectivity index (χ0v) is 12.0. The molecule has 1 amide bonds. The lowest BCUT2D eigenvalue weighted by atomic mass is 9.81.